The molecular formula is C17H24N2OS. The first-order valence-electron chi connectivity index (χ1n) is 7.73. The molecule has 2 atom stereocenters. The van der Waals surface area contributed by atoms with Gasteiger partial charge in [-0.05, 0) is 50.1 Å². The molecule has 0 spiro atoms. The van der Waals surface area contributed by atoms with Crippen LogP contribution in [0.5, 0.6) is 0 Å². The number of hydrogen-bond donors (Lipinski definition) is 1. The fourth-order valence-corrected chi connectivity index (χ4v) is 3.58. The molecule has 2 rings (SSSR count). The zero-order valence-electron chi connectivity index (χ0n) is 12.4. The maximum atomic E-state index is 10.4. The van der Waals surface area contributed by atoms with Gasteiger partial charge >= 0.3 is 0 Å². The monoisotopic (exact) mass is 304 g/mol. The number of aliphatic hydroxyl groups is 1. The summed E-state index contributed by atoms with van der Waals surface area (Å²) in [7, 11) is 0. The van der Waals surface area contributed by atoms with Gasteiger partial charge in [-0.1, -0.05) is 30.3 Å². The first-order chi connectivity index (χ1) is 10.3. The third-order valence-electron chi connectivity index (χ3n) is 4.08. The van der Waals surface area contributed by atoms with Crippen LogP contribution in [0.1, 0.15) is 37.4 Å². The third kappa shape index (κ3) is 5.35. The van der Waals surface area contributed by atoms with Gasteiger partial charge in [0.1, 0.15) is 0 Å². The Morgan fingerprint density at radius 2 is 2.19 bits per heavy atom. The second-order valence-corrected chi connectivity index (χ2v) is 6.66. The highest BCUT2D eigenvalue weighted by Gasteiger charge is 2.26. The highest BCUT2D eigenvalue weighted by atomic mass is 32.2. The summed E-state index contributed by atoms with van der Waals surface area (Å²) in [5, 5.41) is 18.9. The van der Waals surface area contributed by atoms with Gasteiger partial charge in [0.05, 0.1) is 17.9 Å². The minimum absolute atomic E-state index is 0.357. The molecule has 1 aliphatic rings. The van der Waals surface area contributed by atoms with E-state index in [1.54, 1.807) is 11.8 Å². The van der Waals surface area contributed by atoms with Gasteiger partial charge in [-0.3, -0.25) is 0 Å². The van der Waals surface area contributed by atoms with Crippen molar-refractivity contribution in [2.75, 3.05) is 24.6 Å². The molecule has 0 amide bonds. The molecule has 0 bridgehead atoms. The molecule has 1 saturated heterocycles. The number of thioether (sulfide) groups is 1. The molecule has 1 aliphatic heterocycles. The molecule has 1 aromatic rings. The molecule has 0 saturated carbocycles. The van der Waals surface area contributed by atoms with Gasteiger partial charge in [-0.25, -0.2) is 0 Å². The Balaban J connectivity index is 1.75. The topological polar surface area (TPSA) is 47.3 Å². The highest BCUT2D eigenvalue weighted by molar-refractivity contribution is 7.99. The van der Waals surface area contributed by atoms with Crippen LogP contribution in [0, 0.1) is 11.3 Å². The van der Waals surface area contributed by atoms with Crippen LogP contribution in [-0.4, -0.2) is 40.6 Å². The lowest BCUT2D eigenvalue weighted by Gasteiger charge is -2.26. The van der Waals surface area contributed by atoms with Gasteiger partial charge in [0.25, 0.3) is 0 Å². The molecule has 1 heterocycles. The Morgan fingerprint density at radius 1 is 1.38 bits per heavy atom. The predicted octanol–water partition coefficient (Wildman–Crippen LogP) is 3.22. The van der Waals surface area contributed by atoms with Crippen molar-refractivity contribution in [1.82, 2.24) is 4.90 Å². The molecule has 1 aromatic carbocycles. The number of likely N-dealkylation sites (tertiary alicyclic amines) is 1. The molecule has 0 aromatic heterocycles. The van der Waals surface area contributed by atoms with E-state index in [1.165, 1.54) is 12.8 Å². The summed E-state index contributed by atoms with van der Waals surface area (Å²) in [6.07, 6.45) is 4.02. The van der Waals surface area contributed by atoms with E-state index in [0.717, 1.165) is 37.2 Å². The van der Waals surface area contributed by atoms with Crippen LogP contribution < -0.4 is 0 Å². The number of nitriles is 1. The van der Waals surface area contributed by atoms with E-state index in [2.05, 4.69) is 11.0 Å². The fourth-order valence-electron chi connectivity index (χ4n) is 3.01. The van der Waals surface area contributed by atoms with E-state index < -0.39 is 0 Å². The SMILES string of the molecule is N#CCSCCCN1CCCC1CC(O)c1ccccc1. The minimum atomic E-state index is -0.357. The van der Waals surface area contributed by atoms with E-state index >= 15 is 0 Å². The molecule has 3 nitrogen and oxygen atoms in total. The molecular weight excluding hydrogens is 280 g/mol. The molecule has 21 heavy (non-hydrogen) atoms. The molecule has 0 aliphatic carbocycles. The minimum Gasteiger partial charge on any atom is -0.388 e. The number of benzene rings is 1. The van der Waals surface area contributed by atoms with Crippen LogP contribution in [0.25, 0.3) is 0 Å². The molecule has 1 fully saturated rings. The van der Waals surface area contributed by atoms with Crippen molar-refractivity contribution in [3.63, 3.8) is 0 Å². The first kappa shape index (κ1) is 16.4. The van der Waals surface area contributed by atoms with Crippen LogP contribution in [0.2, 0.25) is 0 Å². The van der Waals surface area contributed by atoms with Gasteiger partial charge in [-0.15, -0.1) is 11.8 Å². The van der Waals surface area contributed by atoms with E-state index in [0.29, 0.717) is 11.8 Å². The van der Waals surface area contributed by atoms with Crippen molar-refractivity contribution < 1.29 is 5.11 Å². The summed E-state index contributed by atoms with van der Waals surface area (Å²) in [5.74, 6) is 1.65. The van der Waals surface area contributed by atoms with Gasteiger partial charge in [-0.2, -0.15) is 5.26 Å². The normalized spacial score (nSPS) is 20.3. The standard InChI is InChI=1S/C17H24N2OS/c18-9-13-21-12-5-11-19-10-4-8-16(19)14-17(20)15-6-2-1-3-7-15/h1-3,6-7,16-17,20H,4-5,8,10-14H2. The van der Waals surface area contributed by atoms with Crippen molar-refractivity contribution in [2.24, 2.45) is 0 Å². The highest BCUT2D eigenvalue weighted by Crippen LogP contribution is 2.27. The molecule has 4 heteroatoms. The average molecular weight is 304 g/mol. The van der Waals surface area contributed by atoms with Crippen LogP contribution >= 0.6 is 11.8 Å². The number of rotatable bonds is 8. The lowest BCUT2D eigenvalue weighted by atomic mass is 10.0. The Morgan fingerprint density at radius 3 is 2.95 bits per heavy atom. The van der Waals surface area contributed by atoms with Crippen LogP contribution in [0.3, 0.4) is 0 Å². The van der Waals surface area contributed by atoms with Crippen molar-refractivity contribution in [3.8, 4) is 6.07 Å². The summed E-state index contributed by atoms with van der Waals surface area (Å²) in [6, 6.07) is 12.6. The second kappa shape index (κ2) is 9.09. The lowest BCUT2D eigenvalue weighted by molar-refractivity contribution is 0.121. The molecule has 2 unspecified atom stereocenters. The van der Waals surface area contributed by atoms with Gasteiger partial charge in [0, 0.05) is 6.04 Å². The van der Waals surface area contributed by atoms with Crippen molar-refractivity contribution >= 4 is 11.8 Å². The number of nitrogens with zero attached hydrogens (tertiary/aromatic N) is 2. The summed E-state index contributed by atoms with van der Waals surface area (Å²) >= 11 is 1.71. The van der Waals surface area contributed by atoms with Gasteiger partial charge in [0.15, 0.2) is 0 Å². The predicted molar refractivity (Wildman–Crippen MR) is 88.2 cm³/mol. The quantitative estimate of drug-likeness (QED) is 0.749. The van der Waals surface area contributed by atoms with Crippen molar-refractivity contribution in [2.45, 2.75) is 37.8 Å². The largest absolute Gasteiger partial charge is 0.388 e. The molecule has 114 valence electrons. The summed E-state index contributed by atoms with van der Waals surface area (Å²) in [4.78, 5) is 2.51. The molecule has 1 N–H and O–H groups in total. The maximum absolute atomic E-state index is 10.4. The first-order valence-corrected chi connectivity index (χ1v) is 8.88. The zero-order chi connectivity index (χ0) is 14.9. The Labute approximate surface area is 132 Å². The van der Waals surface area contributed by atoms with Crippen LogP contribution in [0.4, 0.5) is 0 Å². The van der Waals surface area contributed by atoms with Crippen LogP contribution in [-0.2, 0) is 0 Å². The van der Waals surface area contributed by atoms with E-state index in [-0.39, 0.29) is 6.10 Å². The average Bonchev–Trinajstić information content (AvgIpc) is 2.95. The summed E-state index contributed by atoms with van der Waals surface area (Å²) < 4.78 is 0. The van der Waals surface area contributed by atoms with E-state index in [4.69, 9.17) is 5.26 Å². The summed E-state index contributed by atoms with van der Waals surface area (Å²) in [5.41, 5.74) is 1.02. The zero-order valence-corrected chi connectivity index (χ0v) is 13.3. The van der Waals surface area contributed by atoms with E-state index in [1.807, 2.05) is 30.3 Å². The lowest BCUT2D eigenvalue weighted by Crippen LogP contribution is -2.32. The van der Waals surface area contributed by atoms with Gasteiger partial charge in [0.2, 0.25) is 0 Å². The molecule has 0 radical (unpaired) electrons. The van der Waals surface area contributed by atoms with Crippen LogP contribution in [0.15, 0.2) is 30.3 Å². The summed E-state index contributed by atoms with van der Waals surface area (Å²) in [6.45, 7) is 2.24. The fraction of sp³-hybridized carbons (Fsp3) is 0.588. The maximum Gasteiger partial charge on any atom is 0.0808 e. The van der Waals surface area contributed by atoms with E-state index in [9.17, 15) is 5.11 Å². The van der Waals surface area contributed by atoms with Crippen molar-refractivity contribution in [3.05, 3.63) is 35.9 Å². The smallest absolute Gasteiger partial charge is 0.0808 e. The second-order valence-electron chi connectivity index (χ2n) is 5.56. The Bertz CT molecular complexity index is 446. The third-order valence-corrected chi connectivity index (χ3v) is 4.99. The van der Waals surface area contributed by atoms with Crippen molar-refractivity contribution in [1.29, 1.82) is 5.26 Å². The number of aliphatic hydroxyl groups excluding tert-OH is 1. The number of hydrogen-bond acceptors (Lipinski definition) is 4. The Kier molecular flexibility index (Phi) is 7.08. The Hall–Kier alpha value is -1.02. The van der Waals surface area contributed by atoms with Gasteiger partial charge < -0.3 is 10.0 Å².